The molecular formula is C15H14N4OS. The molecule has 0 aliphatic carbocycles. The lowest BCUT2D eigenvalue weighted by Crippen LogP contribution is -1.99. The molecule has 0 unspecified atom stereocenters. The van der Waals surface area contributed by atoms with Gasteiger partial charge in [-0.05, 0) is 38.0 Å². The Hall–Kier alpha value is -2.39. The second kappa shape index (κ2) is 5.19. The highest BCUT2D eigenvalue weighted by Crippen LogP contribution is 2.23. The summed E-state index contributed by atoms with van der Waals surface area (Å²) in [6.07, 6.45) is 0. The number of aryl methyl sites for hydroxylation is 3. The van der Waals surface area contributed by atoms with Crippen LogP contribution in [0.3, 0.4) is 0 Å². The Morgan fingerprint density at radius 2 is 2.14 bits per heavy atom. The average Bonchev–Trinajstić information content (AvgIpc) is 2.95. The maximum absolute atomic E-state index is 9.11. The van der Waals surface area contributed by atoms with Gasteiger partial charge in [0.2, 0.25) is 4.96 Å². The van der Waals surface area contributed by atoms with Gasteiger partial charge in [-0.15, -0.1) is 0 Å². The summed E-state index contributed by atoms with van der Waals surface area (Å²) in [4.78, 5) is 5.06. The van der Waals surface area contributed by atoms with Crippen molar-refractivity contribution in [2.75, 3.05) is 0 Å². The van der Waals surface area contributed by atoms with E-state index < -0.39 is 0 Å². The summed E-state index contributed by atoms with van der Waals surface area (Å²) < 4.78 is 7.42. The molecule has 3 rings (SSSR count). The Labute approximate surface area is 126 Å². The van der Waals surface area contributed by atoms with Gasteiger partial charge in [0.15, 0.2) is 10.7 Å². The fraction of sp³-hybridized carbons (Fsp3) is 0.267. The molecule has 0 N–H and O–H groups in total. The number of nitrogens with zero attached hydrogens (tertiary/aromatic N) is 4. The fourth-order valence-corrected chi connectivity index (χ4v) is 2.93. The lowest BCUT2D eigenvalue weighted by atomic mass is 10.1. The fourth-order valence-electron chi connectivity index (χ4n) is 2.08. The smallest absolute Gasteiger partial charge is 0.213 e. The summed E-state index contributed by atoms with van der Waals surface area (Å²) in [6, 6.07) is 8.23. The predicted molar refractivity (Wildman–Crippen MR) is 80.6 cm³/mol. The first kappa shape index (κ1) is 13.6. The molecule has 0 saturated heterocycles. The van der Waals surface area contributed by atoms with E-state index in [1.54, 1.807) is 4.52 Å². The molecule has 0 aliphatic rings. The molecule has 6 heteroatoms. The van der Waals surface area contributed by atoms with Crippen molar-refractivity contribution < 1.29 is 4.74 Å². The standard InChI is InChI=1S/C15H14N4OS/c1-9-4-5-10(2)13(6-9)20-8-14-18-19-12(7-16)11(3)17-15(19)21-14/h4-6H,8H2,1-3H3. The third kappa shape index (κ3) is 2.48. The minimum Gasteiger partial charge on any atom is -0.486 e. The Balaban J connectivity index is 1.84. The summed E-state index contributed by atoms with van der Waals surface area (Å²) in [5.41, 5.74) is 3.44. The summed E-state index contributed by atoms with van der Waals surface area (Å²) in [5, 5.41) is 14.3. The number of rotatable bonds is 3. The molecule has 0 fully saturated rings. The molecule has 21 heavy (non-hydrogen) atoms. The molecule has 0 radical (unpaired) electrons. The maximum Gasteiger partial charge on any atom is 0.213 e. The Morgan fingerprint density at radius 1 is 1.33 bits per heavy atom. The zero-order valence-electron chi connectivity index (χ0n) is 12.0. The van der Waals surface area contributed by atoms with Gasteiger partial charge in [0.05, 0.1) is 5.69 Å². The van der Waals surface area contributed by atoms with E-state index in [9.17, 15) is 0 Å². The van der Waals surface area contributed by atoms with E-state index >= 15 is 0 Å². The van der Waals surface area contributed by atoms with Crippen LogP contribution in [0.4, 0.5) is 0 Å². The van der Waals surface area contributed by atoms with E-state index in [0.717, 1.165) is 26.8 Å². The first-order valence-corrected chi connectivity index (χ1v) is 7.35. The molecular weight excluding hydrogens is 284 g/mol. The lowest BCUT2D eigenvalue weighted by molar-refractivity contribution is 0.302. The van der Waals surface area contributed by atoms with Gasteiger partial charge in [0, 0.05) is 0 Å². The van der Waals surface area contributed by atoms with E-state index in [2.05, 4.69) is 22.2 Å². The quantitative estimate of drug-likeness (QED) is 0.745. The first-order chi connectivity index (χ1) is 10.1. The van der Waals surface area contributed by atoms with Crippen LogP contribution in [0.1, 0.15) is 27.5 Å². The van der Waals surface area contributed by atoms with Crippen molar-refractivity contribution >= 4 is 16.3 Å². The van der Waals surface area contributed by atoms with Gasteiger partial charge in [0.1, 0.15) is 18.4 Å². The van der Waals surface area contributed by atoms with Crippen molar-refractivity contribution in [2.45, 2.75) is 27.4 Å². The zero-order valence-corrected chi connectivity index (χ0v) is 12.9. The second-order valence-corrected chi connectivity index (χ2v) is 5.95. The Kier molecular flexibility index (Phi) is 3.35. The van der Waals surface area contributed by atoms with Crippen LogP contribution in [0.5, 0.6) is 5.75 Å². The van der Waals surface area contributed by atoms with Crippen LogP contribution >= 0.6 is 11.3 Å². The topological polar surface area (TPSA) is 63.2 Å². The Morgan fingerprint density at radius 3 is 2.90 bits per heavy atom. The van der Waals surface area contributed by atoms with Crippen molar-refractivity contribution in [3.63, 3.8) is 0 Å². The van der Waals surface area contributed by atoms with Gasteiger partial charge >= 0.3 is 0 Å². The molecule has 0 amide bonds. The SMILES string of the molecule is Cc1ccc(C)c(OCc2nn3c(C#N)c(C)nc3s2)c1. The number of benzene rings is 1. The molecule has 2 heterocycles. The van der Waals surface area contributed by atoms with Gasteiger partial charge in [-0.2, -0.15) is 14.9 Å². The minimum atomic E-state index is 0.377. The largest absolute Gasteiger partial charge is 0.486 e. The van der Waals surface area contributed by atoms with Crippen molar-refractivity contribution in [1.29, 1.82) is 5.26 Å². The van der Waals surface area contributed by atoms with Crippen molar-refractivity contribution in [2.24, 2.45) is 0 Å². The molecule has 3 aromatic rings. The number of nitriles is 1. The van der Waals surface area contributed by atoms with E-state index in [1.807, 2.05) is 32.9 Å². The number of aromatic nitrogens is 3. The molecule has 0 bridgehead atoms. The molecule has 0 aliphatic heterocycles. The van der Waals surface area contributed by atoms with E-state index in [1.165, 1.54) is 11.3 Å². The van der Waals surface area contributed by atoms with Crippen molar-refractivity contribution in [3.8, 4) is 11.8 Å². The normalized spacial score (nSPS) is 10.8. The minimum absolute atomic E-state index is 0.377. The highest BCUT2D eigenvalue weighted by molar-refractivity contribution is 7.16. The molecule has 106 valence electrons. The van der Waals surface area contributed by atoms with Crippen LogP contribution < -0.4 is 4.74 Å². The summed E-state index contributed by atoms with van der Waals surface area (Å²) in [5.74, 6) is 0.861. The molecule has 1 aromatic carbocycles. The summed E-state index contributed by atoms with van der Waals surface area (Å²) in [7, 11) is 0. The Bertz CT molecular complexity index is 857. The maximum atomic E-state index is 9.11. The van der Waals surface area contributed by atoms with E-state index in [-0.39, 0.29) is 0 Å². The molecule has 0 spiro atoms. The number of hydrogen-bond acceptors (Lipinski definition) is 5. The van der Waals surface area contributed by atoms with Crippen LogP contribution in [0, 0.1) is 32.1 Å². The second-order valence-electron chi connectivity index (χ2n) is 4.91. The summed E-state index contributed by atoms with van der Waals surface area (Å²) >= 11 is 1.44. The highest BCUT2D eigenvalue weighted by atomic mass is 32.1. The van der Waals surface area contributed by atoms with Crippen molar-refractivity contribution in [1.82, 2.24) is 14.6 Å². The highest BCUT2D eigenvalue weighted by Gasteiger charge is 2.13. The molecule has 0 atom stereocenters. The van der Waals surface area contributed by atoms with Gasteiger partial charge in [-0.1, -0.05) is 23.5 Å². The van der Waals surface area contributed by atoms with Gasteiger partial charge in [-0.25, -0.2) is 4.98 Å². The van der Waals surface area contributed by atoms with Crippen LogP contribution in [-0.4, -0.2) is 14.6 Å². The first-order valence-electron chi connectivity index (χ1n) is 6.53. The zero-order chi connectivity index (χ0) is 15.0. The van der Waals surface area contributed by atoms with Crippen molar-refractivity contribution in [3.05, 3.63) is 45.7 Å². The van der Waals surface area contributed by atoms with Gasteiger partial charge in [0.25, 0.3) is 0 Å². The third-order valence-electron chi connectivity index (χ3n) is 3.22. The van der Waals surface area contributed by atoms with Gasteiger partial charge in [-0.3, -0.25) is 0 Å². The van der Waals surface area contributed by atoms with E-state index in [4.69, 9.17) is 10.00 Å². The average molecular weight is 298 g/mol. The monoisotopic (exact) mass is 298 g/mol. The van der Waals surface area contributed by atoms with Crippen LogP contribution in [0.2, 0.25) is 0 Å². The number of fused-ring (bicyclic) bond motifs is 1. The molecule has 2 aromatic heterocycles. The molecule has 5 nitrogen and oxygen atoms in total. The summed E-state index contributed by atoms with van der Waals surface area (Å²) in [6.45, 7) is 6.24. The van der Waals surface area contributed by atoms with Crippen LogP contribution in [0.15, 0.2) is 18.2 Å². The van der Waals surface area contributed by atoms with Gasteiger partial charge < -0.3 is 4.74 Å². The number of ether oxygens (including phenoxy) is 1. The van der Waals surface area contributed by atoms with Crippen LogP contribution in [0.25, 0.3) is 4.96 Å². The number of hydrogen-bond donors (Lipinski definition) is 0. The predicted octanol–water partition coefficient (Wildman–Crippen LogP) is 3.17. The van der Waals surface area contributed by atoms with Crippen LogP contribution in [-0.2, 0) is 6.61 Å². The molecule has 0 saturated carbocycles. The third-order valence-corrected chi connectivity index (χ3v) is 4.10. The lowest BCUT2D eigenvalue weighted by Gasteiger charge is -2.08. The van der Waals surface area contributed by atoms with E-state index in [0.29, 0.717) is 18.0 Å². The number of imidazole rings is 1.